The van der Waals surface area contributed by atoms with Crippen molar-refractivity contribution < 1.29 is 4.79 Å². The van der Waals surface area contributed by atoms with Crippen LogP contribution in [0.4, 0.5) is 5.69 Å². The van der Waals surface area contributed by atoms with Crippen molar-refractivity contribution in [3.8, 4) is 11.8 Å². The molecule has 0 aromatic heterocycles. The Morgan fingerprint density at radius 1 is 1.33 bits per heavy atom. The average molecular weight is 201 g/mol. The molecule has 0 aliphatic carbocycles. The molecule has 0 bridgehead atoms. The highest BCUT2D eigenvalue weighted by Crippen LogP contribution is 2.04. The monoisotopic (exact) mass is 201 g/mol. The van der Waals surface area contributed by atoms with Gasteiger partial charge in [-0.05, 0) is 24.0 Å². The van der Waals surface area contributed by atoms with Crippen molar-refractivity contribution in [2.24, 2.45) is 5.92 Å². The highest BCUT2D eigenvalue weighted by atomic mass is 16.1. The standard InChI is InChI=1S/C13H15NO/c1-11(2)7-6-10-13(15)14-12-8-4-3-5-9-12/h3-5,8-9,11H,7H2,1-2H3,(H,14,15). The molecule has 0 radical (unpaired) electrons. The van der Waals surface area contributed by atoms with Gasteiger partial charge in [0.15, 0.2) is 0 Å². The fourth-order valence-corrected chi connectivity index (χ4v) is 1.02. The van der Waals surface area contributed by atoms with Crippen LogP contribution in [0.3, 0.4) is 0 Å². The Hall–Kier alpha value is -1.75. The molecule has 15 heavy (non-hydrogen) atoms. The molecule has 1 aromatic carbocycles. The number of hydrogen-bond acceptors (Lipinski definition) is 1. The quantitative estimate of drug-likeness (QED) is 0.732. The Bertz CT molecular complexity index is 371. The van der Waals surface area contributed by atoms with Gasteiger partial charge < -0.3 is 5.32 Å². The minimum absolute atomic E-state index is 0.248. The van der Waals surface area contributed by atoms with E-state index < -0.39 is 0 Å². The highest BCUT2D eigenvalue weighted by molar-refractivity contribution is 6.03. The number of hydrogen-bond donors (Lipinski definition) is 1. The molecule has 0 saturated heterocycles. The molecule has 0 heterocycles. The van der Waals surface area contributed by atoms with Crippen molar-refractivity contribution in [1.29, 1.82) is 0 Å². The third kappa shape index (κ3) is 4.87. The van der Waals surface area contributed by atoms with Crippen molar-refractivity contribution in [2.75, 3.05) is 5.32 Å². The summed E-state index contributed by atoms with van der Waals surface area (Å²) in [7, 11) is 0. The minimum Gasteiger partial charge on any atom is -0.315 e. The van der Waals surface area contributed by atoms with E-state index in [2.05, 4.69) is 31.0 Å². The molecule has 1 rings (SSSR count). The SMILES string of the molecule is CC(C)CC#CC(=O)Nc1ccccc1. The van der Waals surface area contributed by atoms with Gasteiger partial charge in [-0.15, -0.1) is 0 Å². The van der Waals surface area contributed by atoms with Crippen LogP contribution in [0.1, 0.15) is 20.3 Å². The zero-order chi connectivity index (χ0) is 11.1. The Balaban J connectivity index is 2.45. The smallest absolute Gasteiger partial charge is 0.300 e. The molecule has 2 nitrogen and oxygen atoms in total. The summed E-state index contributed by atoms with van der Waals surface area (Å²) in [5, 5.41) is 2.70. The van der Waals surface area contributed by atoms with Gasteiger partial charge in [-0.1, -0.05) is 38.0 Å². The van der Waals surface area contributed by atoms with Gasteiger partial charge in [0.2, 0.25) is 0 Å². The molecule has 0 aliphatic rings. The van der Waals surface area contributed by atoms with E-state index in [4.69, 9.17) is 0 Å². The van der Waals surface area contributed by atoms with Crippen molar-refractivity contribution in [3.05, 3.63) is 30.3 Å². The predicted molar refractivity (Wildman–Crippen MR) is 62.3 cm³/mol. The van der Waals surface area contributed by atoms with Gasteiger partial charge in [0.25, 0.3) is 5.91 Å². The second-order valence-electron chi connectivity index (χ2n) is 3.72. The fourth-order valence-electron chi connectivity index (χ4n) is 1.02. The molecule has 0 unspecified atom stereocenters. The van der Waals surface area contributed by atoms with E-state index in [0.717, 1.165) is 12.1 Å². The molecule has 1 aromatic rings. The Morgan fingerprint density at radius 3 is 2.60 bits per heavy atom. The maximum atomic E-state index is 11.3. The first-order chi connectivity index (χ1) is 7.18. The molecule has 2 heteroatoms. The van der Waals surface area contributed by atoms with Crippen LogP contribution in [-0.2, 0) is 4.79 Å². The summed E-state index contributed by atoms with van der Waals surface area (Å²) in [6.07, 6.45) is 0.752. The van der Waals surface area contributed by atoms with Gasteiger partial charge in [-0.25, -0.2) is 0 Å². The van der Waals surface area contributed by atoms with Crippen molar-refractivity contribution >= 4 is 11.6 Å². The summed E-state index contributed by atoms with van der Waals surface area (Å²) in [6.45, 7) is 4.15. The summed E-state index contributed by atoms with van der Waals surface area (Å²) in [6, 6.07) is 9.32. The lowest BCUT2D eigenvalue weighted by molar-refractivity contribution is -0.111. The summed E-state index contributed by atoms with van der Waals surface area (Å²) in [5.74, 6) is 5.66. The van der Waals surface area contributed by atoms with E-state index in [-0.39, 0.29) is 5.91 Å². The van der Waals surface area contributed by atoms with Crippen LogP contribution in [0.25, 0.3) is 0 Å². The molecule has 0 saturated carbocycles. The second-order valence-corrected chi connectivity index (χ2v) is 3.72. The number of carbonyl (C=O) groups is 1. The predicted octanol–water partition coefficient (Wildman–Crippen LogP) is 2.67. The normalized spacial score (nSPS) is 9.27. The van der Waals surface area contributed by atoms with Crippen LogP contribution in [0, 0.1) is 17.8 Å². The number of rotatable bonds is 2. The van der Waals surface area contributed by atoms with Gasteiger partial charge in [0, 0.05) is 12.1 Å². The van der Waals surface area contributed by atoms with Gasteiger partial charge in [0.1, 0.15) is 0 Å². The number of anilines is 1. The fraction of sp³-hybridized carbons (Fsp3) is 0.308. The first-order valence-electron chi connectivity index (χ1n) is 5.03. The number of para-hydroxylation sites is 1. The van der Waals surface area contributed by atoms with Crippen LogP contribution in [0.15, 0.2) is 30.3 Å². The number of amides is 1. The first-order valence-corrected chi connectivity index (χ1v) is 5.03. The lowest BCUT2D eigenvalue weighted by atomic mass is 10.1. The molecule has 0 fully saturated rings. The number of benzene rings is 1. The molecular weight excluding hydrogens is 186 g/mol. The summed E-state index contributed by atoms with van der Waals surface area (Å²) in [5.41, 5.74) is 0.779. The highest BCUT2D eigenvalue weighted by Gasteiger charge is 1.95. The molecule has 1 N–H and O–H groups in total. The third-order valence-corrected chi connectivity index (χ3v) is 1.74. The third-order valence-electron chi connectivity index (χ3n) is 1.74. The lowest BCUT2D eigenvalue weighted by Gasteiger charge is -1.98. The van der Waals surface area contributed by atoms with Gasteiger partial charge in [-0.2, -0.15) is 0 Å². The molecule has 0 aliphatic heterocycles. The van der Waals surface area contributed by atoms with E-state index in [1.807, 2.05) is 30.3 Å². The summed E-state index contributed by atoms with van der Waals surface area (Å²) < 4.78 is 0. The van der Waals surface area contributed by atoms with Gasteiger partial charge in [0.05, 0.1) is 0 Å². The minimum atomic E-state index is -0.248. The Labute approximate surface area is 90.7 Å². The summed E-state index contributed by atoms with van der Waals surface area (Å²) in [4.78, 5) is 11.3. The molecule has 1 amide bonds. The number of carbonyl (C=O) groups excluding carboxylic acids is 1. The topological polar surface area (TPSA) is 29.1 Å². The first kappa shape index (κ1) is 11.3. The van der Waals surface area contributed by atoms with Crippen molar-refractivity contribution in [3.63, 3.8) is 0 Å². The van der Waals surface area contributed by atoms with E-state index in [1.165, 1.54) is 0 Å². The van der Waals surface area contributed by atoms with Crippen molar-refractivity contribution in [2.45, 2.75) is 20.3 Å². The molecule has 0 atom stereocenters. The largest absolute Gasteiger partial charge is 0.315 e. The van der Waals surface area contributed by atoms with Gasteiger partial charge >= 0.3 is 0 Å². The molecule has 0 spiro atoms. The summed E-state index contributed by atoms with van der Waals surface area (Å²) >= 11 is 0. The van der Waals surface area contributed by atoms with E-state index >= 15 is 0 Å². The van der Waals surface area contributed by atoms with Crippen LogP contribution in [0.2, 0.25) is 0 Å². The Kier molecular flexibility index (Phi) is 4.43. The molecular formula is C13H15NO. The van der Waals surface area contributed by atoms with Crippen LogP contribution in [0.5, 0.6) is 0 Å². The van der Waals surface area contributed by atoms with Crippen LogP contribution in [-0.4, -0.2) is 5.91 Å². The Morgan fingerprint density at radius 2 is 2.00 bits per heavy atom. The molecule has 78 valence electrons. The van der Waals surface area contributed by atoms with E-state index in [1.54, 1.807) is 0 Å². The maximum Gasteiger partial charge on any atom is 0.300 e. The second kappa shape index (κ2) is 5.87. The average Bonchev–Trinajstić information content (AvgIpc) is 2.18. The van der Waals surface area contributed by atoms with E-state index in [0.29, 0.717) is 5.92 Å². The van der Waals surface area contributed by atoms with Gasteiger partial charge in [-0.3, -0.25) is 4.79 Å². The van der Waals surface area contributed by atoms with Crippen LogP contribution >= 0.6 is 0 Å². The maximum absolute atomic E-state index is 11.3. The lowest BCUT2D eigenvalue weighted by Crippen LogP contribution is -2.08. The van der Waals surface area contributed by atoms with Crippen molar-refractivity contribution in [1.82, 2.24) is 0 Å². The zero-order valence-electron chi connectivity index (χ0n) is 9.08. The number of nitrogens with one attached hydrogen (secondary N) is 1. The van der Waals surface area contributed by atoms with E-state index in [9.17, 15) is 4.79 Å². The zero-order valence-corrected chi connectivity index (χ0v) is 9.08. The van der Waals surface area contributed by atoms with Crippen LogP contribution < -0.4 is 5.32 Å².